The molecule has 0 saturated heterocycles. The molecular weight excluding hydrogens is 220 g/mol. The van der Waals surface area contributed by atoms with Crippen LogP contribution in [0.5, 0.6) is 0 Å². The molecule has 2 rings (SSSR count). The third kappa shape index (κ3) is 2.61. The highest BCUT2D eigenvalue weighted by molar-refractivity contribution is 5.39. The summed E-state index contributed by atoms with van der Waals surface area (Å²) in [6, 6.07) is 14.5. The fourth-order valence-corrected chi connectivity index (χ4v) is 2.14. The second-order valence-electron chi connectivity index (χ2n) is 4.78. The molecule has 0 radical (unpaired) electrons. The Labute approximate surface area is 109 Å². The second-order valence-corrected chi connectivity index (χ2v) is 4.78. The van der Waals surface area contributed by atoms with Gasteiger partial charge >= 0.3 is 0 Å². The highest BCUT2D eigenvalue weighted by Gasteiger charge is 2.11. The predicted molar refractivity (Wildman–Crippen MR) is 76.3 cm³/mol. The first-order chi connectivity index (χ1) is 8.61. The monoisotopic (exact) mass is 240 g/mol. The fraction of sp³-hybridized carbons (Fsp3) is 0.250. The van der Waals surface area contributed by atoms with Crippen LogP contribution >= 0.6 is 0 Å². The van der Waals surface area contributed by atoms with Crippen LogP contribution in [-0.2, 0) is 6.54 Å². The molecule has 2 nitrogen and oxygen atoms in total. The van der Waals surface area contributed by atoms with Gasteiger partial charge in [0.05, 0.1) is 6.04 Å². The Bertz CT molecular complexity index is 529. The van der Waals surface area contributed by atoms with Crippen LogP contribution in [-0.4, -0.2) is 0 Å². The summed E-state index contributed by atoms with van der Waals surface area (Å²) >= 11 is 0. The molecule has 2 aromatic rings. The molecule has 2 heteroatoms. The maximum atomic E-state index is 6.35. The standard InChI is InChI=1S/C16H20N2/c1-11-3-4-12(2)15(9-11)16(18)14-7-5-13(10-17)6-8-14/h3-9,16H,10,17-18H2,1-2H3. The first-order valence-electron chi connectivity index (χ1n) is 6.23. The van der Waals surface area contributed by atoms with Crippen LogP contribution in [0.25, 0.3) is 0 Å². The Hall–Kier alpha value is -1.64. The number of benzene rings is 2. The summed E-state index contributed by atoms with van der Waals surface area (Å²) in [5.41, 5.74) is 17.9. The Morgan fingerprint density at radius 3 is 2.28 bits per heavy atom. The van der Waals surface area contributed by atoms with Gasteiger partial charge in [0.2, 0.25) is 0 Å². The van der Waals surface area contributed by atoms with E-state index in [1.165, 1.54) is 16.7 Å². The lowest BCUT2D eigenvalue weighted by atomic mass is 9.94. The van der Waals surface area contributed by atoms with Gasteiger partial charge in [0, 0.05) is 6.54 Å². The zero-order valence-corrected chi connectivity index (χ0v) is 11.0. The van der Waals surface area contributed by atoms with Gasteiger partial charge in [0.1, 0.15) is 0 Å². The normalized spacial score (nSPS) is 12.4. The molecule has 0 aliphatic rings. The highest BCUT2D eigenvalue weighted by atomic mass is 14.6. The molecule has 0 heterocycles. The number of aryl methyl sites for hydroxylation is 2. The largest absolute Gasteiger partial charge is 0.326 e. The minimum absolute atomic E-state index is 0.0725. The second kappa shape index (κ2) is 5.34. The van der Waals surface area contributed by atoms with Crippen molar-refractivity contribution in [3.8, 4) is 0 Å². The molecule has 0 aliphatic heterocycles. The van der Waals surface area contributed by atoms with Crippen molar-refractivity contribution in [3.63, 3.8) is 0 Å². The molecule has 2 aromatic carbocycles. The van der Waals surface area contributed by atoms with Gasteiger partial charge in [0.15, 0.2) is 0 Å². The van der Waals surface area contributed by atoms with Gasteiger partial charge in [0.25, 0.3) is 0 Å². The van der Waals surface area contributed by atoms with E-state index in [9.17, 15) is 0 Å². The van der Waals surface area contributed by atoms with Crippen molar-refractivity contribution < 1.29 is 0 Å². The van der Waals surface area contributed by atoms with Crippen LogP contribution in [0.2, 0.25) is 0 Å². The smallest absolute Gasteiger partial charge is 0.0554 e. The van der Waals surface area contributed by atoms with Gasteiger partial charge in [-0.25, -0.2) is 0 Å². The number of hydrogen-bond acceptors (Lipinski definition) is 2. The molecule has 0 saturated carbocycles. The molecule has 1 atom stereocenters. The average Bonchev–Trinajstić information content (AvgIpc) is 2.41. The molecule has 0 amide bonds. The topological polar surface area (TPSA) is 52.0 Å². The van der Waals surface area contributed by atoms with E-state index >= 15 is 0 Å². The van der Waals surface area contributed by atoms with E-state index in [0.29, 0.717) is 6.54 Å². The van der Waals surface area contributed by atoms with Gasteiger partial charge < -0.3 is 11.5 Å². The van der Waals surface area contributed by atoms with Crippen molar-refractivity contribution in [2.75, 3.05) is 0 Å². The van der Waals surface area contributed by atoms with E-state index in [4.69, 9.17) is 11.5 Å². The summed E-state index contributed by atoms with van der Waals surface area (Å²) in [6.45, 7) is 4.76. The quantitative estimate of drug-likeness (QED) is 0.866. The van der Waals surface area contributed by atoms with Gasteiger partial charge in [-0.2, -0.15) is 0 Å². The zero-order valence-electron chi connectivity index (χ0n) is 11.0. The summed E-state index contributed by atoms with van der Waals surface area (Å²) in [6.07, 6.45) is 0. The first-order valence-corrected chi connectivity index (χ1v) is 6.23. The van der Waals surface area contributed by atoms with Gasteiger partial charge in [-0.1, -0.05) is 48.0 Å². The Morgan fingerprint density at radius 2 is 1.67 bits per heavy atom. The van der Waals surface area contributed by atoms with Crippen molar-refractivity contribution in [3.05, 3.63) is 70.3 Å². The molecule has 94 valence electrons. The molecule has 0 fully saturated rings. The van der Waals surface area contributed by atoms with E-state index in [2.05, 4.69) is 44.2 Å². The van der Waals surface area contributed by atoms with Gasteiger partial charge in [-0.05, 0) is 36.1 Å². The highest BCUT2D eigenvalue weighted by Crippen LogP contribution is 2.23. The molecule has 0 aliphatic carbocycles. The van der Waals surface area contributed by atoms with Gasteiger partial charge in [-0.3, -0.25) is 0 Å². The summed E-state index contributed by atoms with van der Waals surface area (Å²) in [7, 11) is 0. The fourth-order valence-electron chi connectivity index (χ4n) is 2.14. The average molecular weight is 240 g/mol. The van der Waals surface area contributed by atoms with Crippen molar-refractivity contribution in [2.24, 2.45) is 11.5 Å². The lowest BCUT2D eigenvalue weighted by Gasteiger charge is -2.16. The van der Waals surface area contributed by atoms with Crippen LogP contribution in [0.3, 0.4) is 0 Å². The van der Waals surface area contributed by atoms with Crippen molar-refractivity contribution in [1.29, 1.82) is 0 Å². The molecule has 4 N–H and O–H groups in total. The van der Waals surface area contributed by atoms with Crippen molar-refractivity contribution in [2.45, 2.75) is 26.4 Å². The minimum Gasteiger partial charge on any atom is -0.326 e. The van der Waals surface area contributed by atoms with Crippen molar-refractivity contribution in [1.82, 2.24) is 0 Å². The minimum atomic E-state index is -0.0725. The lowest BCUT2D eigenvalue weighted by Crippen LogP contribution is -2.13. The number of nitrogens with two attached hydrogens (primary N) is 2. The Kier molecular flexibility index (Phi) is 3.80. The third-order valence-corrected chi connectivity index (χ3v) is 3.34. The zero-order chi connectivity index (χ0) is 13.1. The maximum Gasteiger partial charge on any atom is 0.0554 e. The molecule has 0 spiro atoms. The van der Waals surface area contributed by atoms with Gasteiger partial charge in [-0.15, -0.1) is 0 Å². The lowest BCUT2D eigenvalue weighted by molar-refractivity contribution is 0.858. The van der Waals surface area contributed by atoms with Crippen LogP contribution in [0.15, 0.2) is 42.5 Å². The maximum absolute atomic E-state index is 6.35. The van der Waals surface area contributed by atoms with E-state index in [1.807, 2.05) is 12.1 Å². The summed E-state index contributed by atoms with van der Waals surface area (Å²) in [4.78, 5) is 0. The number of hydrogen-bond donors (Lipinski definition) is 2. The molecule has 18 heavy (non-hydrogen) atoms. The van der Waals surface area contributed by atoms with Crippen molar-refractivity contribution >= 4 is 0 Å². The molecular formula is C16H20N2. The summed E-state index contributed by atoms with van der Waals surface area (Å²) in [5, 5.41) is 0. The SMILES string of the molecule is Cc1ccc(C)c(C(N)c2ccc(CN)cc2)c1. The Balaban J connectivity index is 2.34. The van der Waals surface area contributed by atoms with Crippen LogP contribution in [0.1, 0.15) is 33.9 Å². The third-order valence-electron chi connectivity index (χ3n) is 3.34. The molecule has 0 bridgehead atoms. The van der Waals surface area contributed by atoms with E-state index in [1.54, 1.807) is 0 Å². The molecule has 0 aromatic heterocycles. The number of rotatable bonds is 3. The predicted octanol–water partition coefficient (Wildman–Crippen LogP) is 2.81. The van der Waals surface area contributed by atoms with Crippen LogP contribution in [0.4, 0.5) is 0 Å². The molecule has 1 unspecified atom stereocenters. The van der Waals surface area contributed by atoms with Crippen LogP contribution < -0.4 is 11.5 Å². The summed E-state index contributed by atoms with van der Waals surface area (Å²) in [5.74, 6) is 0. The van der Waals surface area contributed by atoms with E-state index in [0.717, 1.165) is 11.1 Å². The van der Waals surface area contributed by atoms with E-state index < -0.39 is 0 Å². The van der Waals surface area contributed by atoms with Crippen LogP contribution in [0, 0.1) is 13.8 Å². The first kappa shape index (κ1) is 12.8. The Morgan fingerprint density at radius 1 is 1.00 bits per heavy atom. The van der Waals surface area contributed by atoms with E-state index in [-0.39, 0.29) is 6.04 Å². The summed E-state index contributed by atoms with van der Waals surface area (Å²) < 4.78 is 0.